The van der Waals surface area contributed by atoms with Crippen molar-refractivity contribution in [2.75, 3.05) is 39.4 Å². The molecule has 2 fully saturated rings. The Morgan fingerprint density at radius 3 is 2.82 bits per heavy atom. The lowest BCUT2D eigenvalue weighted by atomic mass is 9.96. The fourth-order valence-electron chi connectivity index (χ4n) is 6.18. The molecule has 2 aromatic rings. The minimum atomic E-state index is -4.54. The smallest absolute Gasteiger partial charge is 0.380 e. The van der Waals surface area contributed by atoms with E-state index in [0.717, 1.165) is 37.1 Å². The average molecular weight is 545 g/mol. The quantitative estimate of drug-likeness (QED) is 0.603. The number of aryl methyl sites for hydroxylation is 1. The summed E-state index contributed by atoms with van der Waals surface area (Å²) in [6.07, 6.45) is -0.147. The molecule has 3 unspecified atom stereocenters. The van der Waals surface area contributed by atoms with Crippen molar-refractivity contribution >= 4 is 11.8 Å². The summed E-state index contributed by atoms with van der Waals surface area (Å²) in [7, 11) is 0. The molecule has 2 amide bonds. The van der Waals surface area contributed by atoms with Gasteiger partial charge in [0.25, 0.3) is 5.91 Å². The molecule has 6 rings (SSSR count). The van der Waals surface area contributed by atoms with E-state index in [1.54, 1.807) is 6.20 Å². The first-order valence-electron chi connectivity index (χ1n) is 13.5. The van der Waals surface area contributed by atoms with Gasteiger partial charge in [-0.1, -0.05) is 12.1 Å². The van der Waals surface area contributed by atoms with Crippen molar-refractivity contribution < 1.29 is 32.2 Å². The van der Waals surface area contributed by atoms with Crippen molar-refractivity contribution in [2.24, 2.45) is 0 Å². The second-order valence-corrected chi connectivity index (χ2v) is 10.7. The zero-order valence-electron chi connectivity index (χ0n) is 21.5. The molecule has 3 aliphatic heterocycles. The molecule has 11 heteroatoms. The van der Waals surface area contributed by atoms with Crippen LogP contribution in [0.4, 0.5) is 13.2 Å². The Kier molecular flexibility index (Phi) is 7.07. The van der Waals surface area contributed by atoms with Gasteiger partial charge in [0.2, 0.25) is 5.91 Å². The van der Waals surface area contributed by atoms with Crippen LogP contribution in [0.15, 0.2) is 36.5 Å². The molecule has 0 spiro atoms. The largest absolute Gasteiger partial charge is 0.416 e. The number of halogens is 3. The van der Waals surface area contributed by atoms with Crippen LogP contribution in [-0.2, 0) is 33.3 Å². The van der Waals surface area contributed by atoms with Crippen LogP contribution >= 0.6 is 0 Å². The molecule has 8 nitrogen and oxygen atoms in total. The lowest BCUT2D eigenvalue weighted by Crippen LogP contribution is -2.50. The molecule has 4 heterocycles. The second-order valence-electron chi connectivity index (χ2n) is 10.7. The summed E-state index contributed by atoms with van der Waals surface area (Å²) in [6, 6.07) is 7.18. The number of nitrogens with one attached hydrogen (secondary N) is 1. The Hall–Kier alpha value is -3.02. The third-order valence-electron chi connectivity index (χ3n) is 8.25. The minimum absolute atomic E-state index is 0.00533. The van der Waals surface area contributed by atoms with Crippen molar-refractivity contribution in [1.29, 1.82) is 0 Å². The van der Waals surface area contributed by atoms with E-state index in [4.69, 9.17) is 9.47 Å². The number of hydrogen-bond acceptors (Lipinski definition) is 6. The average Bonchev–Trinajstić information content (AvgIpc) is 3.66. The number of pyridine rings is 1. The van der Waals surface area contributed by atoms with Crippen LogP contribution in [0.5, 0.6) is 0 Å². The molecule has 2 saturated heterocycles. The minimum Gasteiger partial charge on any atom is -0.380 e. The molecular weight excluding hydrogens is 513 g/mol. The molecule has 4 atom stereocenters. The van der Waals surface area contributed by atoms with E-state index in [9.17, 15) is 22.8 Å². The number of ether oxygens (including phenoxy) is 2. The monoisotopic (exact) mass is 544 g/mol. The van der Waals surface area contributed by atoms with Gasteiger partial charge in [0.05, 0.1) is 36.6 Å². The molecule has 208 valence electrons. The Morgan fingerprint density at radius 1 is 1.15 bits per heavy atom. The normalized spacial score (nSPS) is 27.1. The fourth-order valence-corrected chi connectivity index (χ4v) is 6.18. The van der Waals surface area contributed by atoms with Gasteiger partial charge in [-0.2, -0.15) is 13.2 Å². The van der Waals surface area contributed by atoms with E-state index in [1.165, 1.54) is 16.5 Å². The van der Waals surface area contributed by atoms with Crippen LogP contribution in [0.25, 0.3) is 0 Å². The summed E-state index contributed by atoms with van der Waals surface area (Å²) in [5, 5.41) is 3.07. The van der Waals surface area contributed by atoms with Gasteiger partial charge in [0.15, 0.2) is 0 Å². The molecule has 1 aliphatic carbocycles. The van der Waals surface area contributed by atoms with Crippen LogP contribution in [0, 0.1) is 0 Å². The van der Waals surface area contributed by atoms with Gasteiger partial charge in [-0.05, 0) is 55.0 Å². The van der Waals surface area contributed by atoms with Crippen LogP contribution in [-0.4, -0.2) is 84.2 Å². The topological polar surface area (TPSA) is 84.0 Å². The maximum Gasteiger partial charge on any atom is 0.416 e. The SMILES string of the molecule is O=C(CN1CCc2ccc(C(F)(F)F)cc2C1=O)NC1CN(C2CCOC2)C[C@@H]1OC1CCc2cccnc21. The molecule has 1 N–H and O–H groups in total. The zero-order chi connectivity index (χ0) is 27.1. The van der Waals surface area contributed by atoms with Crippen molar-refractivity contribution in [1.82, 2.24) is 20.1 Å². The van der Waals surface area contributed by atoms with Gasteiger partial charge in [-0.3, -0.25) is 19.5 Å². The standard InChI is InChI=1S/C28H31F3N4O4/c29-28(30,31)19-5-3-17-7-10-34(27(37)21(17)12-19)15-25(36)33-22-13-35(20-8-11-38-16-20)14-24(22)39-23-6-4-18-2-1-9-32-26(18)23/h1-3,5,9,12,20,22-24H,4,6-8,10-11,13-16H2,(H,33,36)/t20?,22?,23?,24-/m0/s1. The highest BCUT2D eigenvalue weighted by Gasteiger charge is 2.41. The number of aromatic nitrogens is 1. The molecule has 1 aromatic carbocycles. The number of amides is 2. The Balaban J connectivity index is 1.13. The van der Waals surface area contributed by atoms with Crippen molar-refractivity contribution in [3.8, 4) is 0 Å². The molecule has 0 saturated carbocycles. The van der Waals surface area contributed by atoms with E-state index >= 15 is 0 Å². The van der Waals surface area contributed by atoms with Gasteiger partial charge in [-0.25, -0.2) is 0 Å². The van der Waals surface area contributed by atoms with E-state index in [2.05, 4.69) is 21.3 Å². The first-order valence-corrected chi connectivity index (χ1v) is 13.5. The summed E-state index contributed by atoms with van der Waals surface area (Å²) in [4.78, 5) is 34.3. The molecular formula is C28H31F3N4O4. The lowest BCUT2D eigenvalue weighted by Gasteiger charge is -2.30. The second kappa shape index (κ2) is 10.5. The summed E-state index contributed by atoms with van der Waals surface area (Å²) >= 11 is 0. The Labute approximate surface area is 224 Å². The van der Waals surface area contributed by atoms with Crippen molar-refractivity contribution in [3.05, 3.63) is 64.5 Å². The molecule has 4 aliphatic rings. The Bertz CT molecular complexity index is 1250. The molecule has 0 radical (unpaired) electrons. The number of carbonyl (C=O) groups is 2. The van der Waals surface area contributed by atoms with Crippen molar-refractivity contribution in [2.45, 2.75) is 56.2 Å². The molecule has 39 heavy (non-hydrogen) atoms. The van der Waals surface area contributed by atoms with Crippen molar-refractivity contribution in [3.63, 3.8) is 0 Å². The predicted octanol–water partition coefficient (Wildman–Crippen LogP) is 2.76. The summed E-state index contributed by atoms with van der Waals surface area (Å²) in [5.41, 5.74) is 1.83. The van der Waals surface area contributed by atoms with E-state index in [0.29, 0.717) is 38.3 Å². The van der Waals surface area contributed by atoms with Gasteiger partial charge in [0.1, 0.15) is 6.10 Å². The predicted molar refractivity (Wildman–Crippen MR) is 134 cm³/mol. The third-order valence-corrected chi connectivity index (χ3v) is 8.25. The van der Waals surface area contributed by atoms with Gasteiger partial charge >= 0.3 is 6.18 Å². The van der Waals surface area contributed by atoms with Gasteiger partial charge in [0, 0.05) is 44.0 Å². The van der Waals surface area contributed by atoms with Gasteiger partial charge < -0.3 is 19.7 Å². The molecule has 0 bridgehead atoms. The first kappa shape index (κ1) is 26.2. The number of likely N-dealkylation sites (tertiary alicyclic amines) is 1. The third kappa shape index (κ3) is 5.39. The van der Waals surface area contributed by atoms with E-state index in [-0.39, 0.29) is 48.9 Å². The summed E-state index contributed by atoms with van der Waals surface area (Å²) in [6.45, 7) is 2.64. The summed E-state index contributed by atoms with van der Waals surface area (Å²) in [5.74, 6) is -0.915. The maximum atomic E-state index is 13.2. The number of fused-ring (bicyclic) bond motifs is 2. The Morgan fingerprint density at radius 2 is 2.03 bits per heavy atom. The number of benzene rings is 1. The fraction of sp³-hybridized carbons (Fsp3) is 0.536. The first-order chi connectivity index (χ1) is 18.8. The highest BCUT2D eigenvalue weighted by molar-refractivity contribution is 5.99. The number of nitrogens with zero attached hydrogens (tertiary/aromatic N) is 3. The van der Waals surface area contributed by atoms with E-state index in [1.807, 2.05) is 6.07 Å². The van der Waals surface area contributed by atoms with E-state index < -0.39 is 17.6 Å². The highest BCUT2D eigenvalue weighted by Crippen LogP contribution is 2.35. The van der Waals surface area contributed by atoms with Crippen LogP contribution < -0.4 is 5.32 Å². The highest BCUT2D eigenvalue weighted by atomic mass is 19.4. The summed E-state index contributed by atoms with van der Waals surface area (Å²) < 4.78 is 51.8. The van der Waals surface area contributed by atoms with Crippen LogP contribution in [0.1, 0.15) is 51.7 Å². The zero-order valence-corrected chi connectivity index (χ0v) is 21.5. The number of alkyl halides is 3. The lowest BCUT2D eigenvalue weighted by molar-refractivity contribution is -0.137. The number of rotatable bonds is 6. The van der Waals surface area contributed by atoms with Crippen LogP contribution in [0.3, 0.4) is 0 Å². The molecule has 1 aromatic heterocycles. The number of carbonyl (C=O) groups excluding carboxylic acids is 2. The van der Waals surface area contributed by atoms with Gasteiger partial charge in [-0.15, -0.1) is 0 Å². The number of hydrogen-bond donors (Lipinski definition) is 1. The van der Waals surface area contributed by atoms with Crippen LogP contribution in [0.2, 0.25) is 0 Å². The maximum absolute atomic E-state index is 13.2.